The molecule has 2 aromatic carbocycles. The fourth-order valence-corrected chi connectivity index (χ4v) is 5.89. The number of benzene rings is 2. The third-order valence-corrected chi connectivity index (χ3v) is 7.19. The minimum atomic E-state index is -0.308. The van der Waals surface area contributed by atoms with Crippen molar-refractivity contribution in [2.45, 2.75) is 33.0 Å². The Labute approximate surface area is 174 Å². The molecule has 0 bridgehead atoms. The molecule has 0 radical (unpaired) electrons. The monoisotopic (exact) mass is 408 g/mol. The van der Waals surface area contributed by atoms with Crippen LogP contribution in [0.4, 0.5) is 5.00 Å². The van der Waals surface area contributed by atoms with Gasteiger partial charge in [-0.1, -0.05) is 30.3 Å². The summed E-state index contributed by atoms with van der Waals surface area (Å²) in [5, 5.41) is 10.1. The smallest absolute Gasteiger partial charge is 0.256 e. The van der Waals surface area contributed by atoms with Crippen LogP contribution in [0.15, 0.2) is 36.4 Å². The van der Waals surface area contributed by atoms with Crippen LogP contribution >= 0.6 is 11.3 Å². The highest BCUT2D eigenvalue weighted by Crippen LogP contribution is 2.42. The highest BCUT2D eigenvalue weighted by Gasteiger charge is 2.35. The number of carbonyl (C=O) groups excluding carboxylic acids is 1. The molecule has 6 heteroatoms. The molecule has 3 aromatic rings. The number of hydrogen-bond acceptors (Lipinski definition) is 4. The van der Waals surface area contributed by atoms with Gasteiger partial charge in [0.2, 0.25) is 0 Å². The van der Waals surface area contributed by atoms with E-state index in [9.17, 15) is 4.79 Å². The number of quaternary nitrogens is 1. The van der Waals surface area contributed by atoms with Gasteiger partial charge in [-0.15, -0.1) is 11.3 Å². The summed E-state index contributed by atoms with van der Waals surface area (Å²) in [5.41, 5.74) is 3.10. The third-order valence-electron chi connectivity index (χ3n) is 6.03. The largest absolute Gasteiger partial charge is 0.493 e. The van der Waals surface area contributed by atoms with Crippen LogP contribution in [0.1, 0.15) is 46.4 Å². The van der Waals surface area contributed by atoms with Crippen LogP contribution in [-0.2, 0) is 13.0 Å². The van der Waals surface area contributed by atoms with Gasteiger partial charge in [-0.3, -0.25) is 4.79 Å². The molecule has 2 atom stereocenters. The van der Waals surface area contributed by atoms with Crippen LogP contribution in [0, 0.1) is 0 Å². The first-order valence-electron chi connectivity index (χ1n) is 10.4. The maximum atomic E-state index is 13.2. The molecule has 150 valence electrons. The molecule has 2 aliphatic rings. The number of hydrogen-bond donors (Lipinski definition) is 3. The molecule has 0 saturated carbocycles. The second kappa shape index (κ2) is 7.35. The van der Waals surface area contributed by atoms with E-state index < -0.39 is 0 Å². The molecular weight excluding hydrogens is 382 g/mol. The van der Waals surface area contributed by atoms with E-state index >= 15 is 0 Å². The van der Waals surface area contributed by atoms with Crippen molar-refractivity contribution in [3.05, 3.63) is 58.0 Å². The number of rotatable bonds is 4. The Kier molecular flexibility index (Phi) is 4.68. The number of likely N-dealkylation sites (N-methyl/N-ethyl adjacent to an activating group) is 1. The second-order valence-corrected chi connectivity index (χ2v) is 8.78. The Morgan fingerprint density at radius 3 is 2.86 bits per heavy atom. The molecule has 0 aliphatic carbocycles. The van der Waals surface area contributed by atoms with Crippen LogP contribution in [-0.4, -0.2) is 25.6 Å². The van der Waals surface area contributed by atoms with E-state index in [1.165, 1.54) is 10.4 Å². The van der Waals surface area contributed by atoms with Crippen molar-refractivity contribution < 1.29 is 14.4 Å². The summed E-state index contributed by atoms with van der Waals surface area (Å²) in [4.78, 5) is 16.1. The van der Waals surface area contributed by atoms with Crippen molar-refractivity contribution in [2.75, 3.05) is 25.0 Å². The third kappa shape index (κ3) is 3.07. The first kappa shape index (κ1) is 18.5. The van der Waals surface area contributed by atoms with E-state index in [1.54, 1.807) is 16.2 Å². The van der Waals surface area contributed by atoms with Crippen LogP contribution in [0.2, 0.25) is 0 Å². The quantitative estimate of drug-likeness (QED) is 0.622. The molecule has 1 aromatic heterocycles. The van der Waals surface area contributed by atoms with Gasteiger partial charge in [0.1, 0.15) is 23.5 Å². The lowest BCUT2D eigenvalue weighted by Crippen LogP contribution is -3.11. The first-order valence-corrected chi connectivity index (χ1v) is 11.2. The molecule has 5 rings (SSSR count). The first-order chi connectivity index (χ1) is 14.2. The van der Waals surface area contributed by atoms with Crippen molar-refractivity contribution in [1.82, 2.24) is 5.32 Å². The van der Waals surface area contributed by atoms with Gasteiger partial charge >= 0.3 is 0 Å². The predicted molar refractivity (Wildman–Crippen MR) is 117 cm³/mol. The predicted octanol–water partition coefficient (Wildman–Crippen LogP) is 3.12. The highest BCUT2D eigenvalue weighted by molar-refractivity contribution is 7.16. The maximum absolute atomic E-state index is 13.2. The Morgan fingerprint density at radius 2 is 2.03 bits per heavy atom. The summed E-state index contributed by atoms with van der Waals surface area (Å²) in [6, 6.07) is 12.3. The van der Waals surface area contributed by atoms with Gasteiger partial charge in [0.25, 0.3) is 5.91 Å². The summed E-state index contributed by atoms with van der Waals surface area (Å²) in [6.07, 6.45) is 0.667. The summed E-state index contributed by atoms with van der Waals surface area (Å²) < 4.78 is 5.94. The molecule has 2 aliphatic heterocycles. The number of anilines is 1. The molecule has 3 heterocycles. The number of thiophene rings is 1. The molecule has 0 fully saturated rings. The Bertz CT molecular complexity index is 1090. The second-order valence-electron chi connectivity index (χ2n) is 7.67. The number of fused-ring (bicyclic) bond motifs is 4. The number of ether oxygens (including phenoxy) is 1. The van der Waals surface area contributed by atoms with Crippen molar-refractivity contribution in [2.24, 2.45) is 0 Å². The average Bonchev–Trinajstić information content (AvgIpc) is 3.11. The van der Waals surface area contributed by atoms with Gasteiger partial charge in [-0.25, -0.2) is 0 Å². The normalized spacial score (nSPS) is 20.6. The van der Waals surface area contributed by atoms with Gasteiger partial charge in [0.15, 0.2) is 0 Å². The summed E-state index contributed by atoms with van der Waals surface area (Å²) >= 11 is 1.75. The van der Waals surface area contributed by atoms with Crippen LogP contribution < -0.4 is 20.3 Å². The van der Waals surface area contributed by atoms with Gasteiger partial charge in [0, 0.05) is 12.0 Å². The van der Waals surface area contributed by atoms with Gasteiger partial charge in [-0.2, -0.15) is 0 Å². The molecule has 3 N–H and O–H groups in total. The van der Waals surface area contributed by atoms with Gasteiger partial charge in [-0.05, 0) is 36.2 Å². The van der Waals surface area contributed by atoms with Crippen molar-refractivity contribution in [1.29, 1.82) is 0 Å². The van der Waals surface area contributed by atoms with Crippen LogP contribution in [0.5, 0.6) is 5.75 Å². The van der Waals surface area contributed by atoms with E-state index in [4.69, 9.17) is 4.74 Å². The fraction of sp³-hybridized carbons (Fsp3) is 0.348. The van der Waals surface area contributed by atoms with E-state index in [0.717, 1.165) is 58.7 Å². The molecule has 5 nitrogen and oxygen atoms in total. The van der Waals surface area contributed by atoms with Crippen molar-refractivity contribution >= 4 is 33.0 Å². The molecule has 29 heavy (non-hydrogen) atoms. The molecule has 1 amide bonds. The standard InChI is InChI=1S/C23H25N3O2S/c1-3-26-12-11-16-18(13-26)29-23-20(16)22(27)24-21(25-23)19-15-8-6-5-7-14(15)9-10-17(19)28-4-2/h5-10,21,25H,3-4,11-13H2,1-2H3,(H,24,27)/p+1/t21-/m0/s1. The van der Waals surface area contributed by atoms with E-state index in [-0.39, 0.29) is 12.1 Å². The van der Waals surface area contributed by atoms with E-state index in [2.05, 4.69) is 35.8 Å². The minimum absolute atomic E-state index is 0.0246. The zero-order valence-electron chi connectivity index (χ0n) is 16.8. The summed E-state index contributed by atoms with van der Waals surface area (Å²) in [5.74, 6) is 0.840. The van der Waals surface area contributed by atoms with Gasteiger partial charge < -0.3 is 20.3 Å². The van der Waals surface area contributed by atoms with Gasteiger partial charge in [0.05, 0.1) is 30.1 Å². The number of carbonyl (C=O) groups is 1. The number of amides is 1. The Hall–Kier alpha value is -2.57. The van der Waals surface area contributed by atoms with Crippen LogP contribution in [0.3, 0.4) is 0 Å². The summed E-state index contributed by atoms with van der Waals surface area (Å²) in [7, 11) is 0. The molecule has 0 saturated heterocycles. The molecule has 0 spiro atoms. The van der Waals surface area contributed by atoms with E-state index in [0.29, 0.717) is 6.61 Å². The maximum Gasteiger partial charge on any atom is 0.256 e. The van der Waals surface area contributed by atoms with Crippen molar-refractivity contribution in [3.63, 3.8) is 0 Å². The fourth-order valence-electron chi connectivity index (χ4n) is 4.55. The summed E-state index contributed by atoms with van der Waals surface area (Å²) in [6.45, 7) is 8.03. The number of nitrogens with one attached hydrogen (secondary N) is 3. The Balaban J connectivity index is 1.58. The van der Waals surface area contributed by atoms with Crippen LogP contribution in [0.25, 0.3) is 10.8 Å². The molecule has 1 unspecified atom stereocenters. The zero-order chi connectivity index (χ0) is 20.0. The lowest BCUT2D eigenvalue weighted by Gasteiger charge is -2.29. The Morgan fingerprint density at radius 1 is 1.17 bits per heavy atom. The average molecular weight is 409 g/mol. The van der Waals surface area contributed by atoms with E-state index in [1.807, 2.05) is 25.1 Å². The topological polar surface area (TPSA) is 54.8 Å². The lowest BCUT2D eigenvalue weighted by atomic mass is 9.97. The zero-order valence-corrected chi connectivity index (χ0v) is 17.6. The minimum Gasteiger partial charge on any atom is -0.493 e. The van der Waals surface area contributed by atoms with Crippen molar-refractivity contribution in [3.8, 4) is 5.75 Å². The molecular formula is C23H26N3O2S+. The SMILES string of the molecule is CCOc1ccc2ccccc2c1[C@H]1NC(=O)c2c(sc3c2CC[NH+](CC)C3)N1. The highest BCUT2D eigenvalue weighted by atomic mass is 32.1. The lowest BCUT2D eigenvalue weighted by molar-refractivity contribution is -0.913.